The van der Waals surface area contributed by atoms with E-state index in [1.165, 1.54) is 18.2 Å². The number of amides is 2. The Morgan fingerprint density at radius 1 is 1.00 bits per heavy atom. The van der Waals surface area contributed by atoms with E-state index in [2.05, 4.69) is 34.4 Å². The number of nitrogens with zero attached hydrogens (tertiary/aromatic N) is 2. The molecule has 1 aromatic heterocycles. The lowest BCUT2D eigenvalue weighted by atomic mass is 10.1. The first-order valence-electron chi connectivity index (χ1n) is 10.6. The fourth-order valence-electron chi connectivity index (χ4n) is 3.27. The summed E-state index contributed by atoms with van der Waals surface area (Å²) in [6.45, 7) is 8.05. The SMILES string of the molecule is CCN(CC)c1ccc(CNC(=O)c2ccc(C)c(NC(=O)c3ccccc3F)c2)cn1. The number of carbonyl (C=O) groups excluding carboxylic acids is 2. The molecule has 0 atom stereocenters. The van der Waals surface area contributed by atoms with Crippen LogP contribution in [0.4, 0.5) is 15.9 Å². The zero-order valence-electron chi connectivity index (χ0n) is 18.5. The van der Waals surface area contributed by atoms with Crippen LogP contribution in [0, 0.1) is 12.7 Å². The van der Waals surface area contributed by atoms with Crippen molar-refractivity contribution in [1.29, 1.82) is 0 Å². The van der Waals surface area contributed by atoms with Crippen LogP contribution in [0.1, 0.15) is 45.7 Å². The molecule has 0 saturated carbocycles. The number of benzene rings is 2. The molecule has 0 aliphatic rings. The third kappa shape index (κ3) is 5.49. The fraction of sp³-hybridized carbons (Fsp3) is 0.240. The van der Waals surface area contributed by atoms with Gasteiger partial charge in [0.1, 0.15) is 11.6 Å². The summed E-state index contributed by atoms with van der Waals surface area (Å²) in [5, 5.41) is 5.56. The van der Waals surface area contributed by atoms with Crippen molar-refractivity contribution in [3.63, 3.8) is 0 Å². The Balaban J connectivity index is 1.66. The van der Waals surface area contributed by atoms with Crippen molar-refractivity contribution in [2.45, 2.75) is 27.3 Å². The first kappa shape index (κ1) is 22.9. The number of nitrogens with one attached hydrogen (secondary N) is 2. The number of pyridine rings is 1. The van der Waals surface area contributed by atoms with E-state index in [1.54, 1.807) is 30.5 Å². The highest BCUT2D eigenvalue weighted by Gasteiger charge is 2.14. The molecule has 0 aliphatic heterocycles. The molecular formula is C25H27FN4O2. The molecule has 3 rings (SSSR count). The number of aryl methyl sites for hydroxylation is 1. The largest absolute Gasteiger partial charge is 0.357 e. The topological polar surface area (TPSA) is 74.3 Å². The quantitative estimate of drug-likeness (QED) is 0.545. The van der Waals surface area contributed by atoms with Crippen LogP contribution in [0.25, 0.3) is 0 Å². The highest BCUT2D eigenvalue weighted by molar-refractivity contribution is 6.05. The number of rotatable bonds is 8. The van der Waals surface area contributed by atoms with Crippen molar-refractivity contribution >= 4 is 23.3 Å². The molecule has 7 heteroatoms. The van der Waals surface area contributed by atoms with Crippen LogP contribution in [-0.4, -0.2) is 29.9 Å². The van der Waals surface area contributed by atoms with Crippen molar-refractivity contribution < 1.29 is 14.0 Å². The summed E-state index contributed by atoms with van der Waals surface area (Å²) in [7, 11) is 0. The summed E-state index contributed by atoms with van der Waals surface area (Å²) < 4.78 is 13.9. The summed E-state index contributed by atoms with van der Waals surface area (Å²) in [6, 6.07) is 14.7. The number of hydrogen-bond donors (Lipinski definition) is 2. The van der Waals surface area contributed by atoms with Crippen molar-refractivity contribution in [3.8, 4) is 0 Å². The van der Waals surface area contributed by atoms with Crippen molar-refractivity contribution in [3.05, 3.63) is 88.9 Å². The van der Waals surface area contributed by atoms with Crippen molar-refractivity contribution in [2.24, 2.45) is 0 Å². The molecule has 0 radical (unpaired) electrons. The lowest BCUT2D eigenvalue weighted by Gasteiger charge is -2.19. The van der Waals surface area contributed by atoms with Gasteiger partial charge in [0.15, 0.2) is 0 Å². The summed E-state index contributed by atoms with van der Waals surface area (Å²) in [5.74, 6) is -0.543. The third-order valence-electron chi connectivity index (χ3n) is 5.22. The van der Waals surface area contributed by atoms with E-state index in [-0.39, 0.29) is 11.5 Å². The molecule has 2 amide bonds. The van der Waals surface area contributed by atoms with E-state index < -0.39 is 11.7 Å². The number of aromatic nitrogens is 1. The molecule has 2 N–H and O–H groups in total. The Labute approximate surface area is 187 Å². The molecule has 2 aromatic carbocycles. The van der Waals surface area contributed by atoms with Gasteiger partial charge in [-0.2, -0.15) is 0 Å². The van der Waals surface area contributed by atoms with E-state index in [0.717, 1.165) is 30.0 Å². The minimum Gasteiger partial charge on any atom is -0.357 e. The molecular weight excluding hydrogens is 407 g/mol. The van der Waals surface area contributed by atoms with Gasteiger partial charge in [0.25, 0.3) is 11.8 Å². The van der Waals surface area contributed by atoms with Crippen LogP contribution in [0.3, 0.4) is 0 Å². The zero-order valence-corrected chi connectivity index (χ0v) is 18.5. The summed E-state index contributed by atoms with van der Waals surface area (Å²) in [4.78, 5) is 31.7. The van der Waals surface area contributed by atoms with E-state index in [1.807, 2.05) is 19.1 Å². The first-order valence-corrected chi connectivity index (χ1v) is 10.6. The summed E-state index contributed by atoms with van der Waals surface area (Å²) in [6.07, 6.45) is 1.75. The lowest BCUT2D eigenvalue weighted by molar-refractivity contribution is 0.0949. The lowest BCUT2D eigenvalue weighted by Crippen LogP contribution is -2.24. The van der Waals surface area contributed by atoms with E-state index in [0.29, 0.717) is 17.8 Å². The van der Waals surface area contributed by atoms with E-state index in [4.69, 9.17) is 0 Å². The molecule has 1 heterocycles. The highest BCUT2D eigenvalue weighted by Crippen LogP contribution is 2.19. The number of anilines is 2. The third-order valence-corrected chi connectivity index (χ3v) is 5.22. The van der Waals surface area contributed by atoms with Gasteiger partial charge >= 0.3 is 0 Å². The average molecular weight is 435 g/mol. The summed E-state index contributed by atoms with van der Waals surface area (Å²) >= 11 is 0. The van der Waals surface area contributed by atoms with Crippen LogP contribution in [0.15, 0.2) is 60.8 Å². The minimum atomic E-state index is -0.600. The predicted molar refractivity (Wildman–Crippen MR) is 125 cm³/mol. The number of halogens is 1. The molecule has 166 valence electrons. The van der Waals surface area contributed by atoms with Gasteiger partial charge in [0.05, 0.1) is 5.56 Å². The Morgan fingerprint density at radius 2 is 1.75 bits per heavy atom. The van der Waals surface area contributed by atoms with Gasteiger partial charge in [-0.05, 0) is 62.2 Å². The first-order chi connectivity index (χ1) is 15.4. The number of hydrogen-bond acceptors (Lipinski definition) is 4. The molecule has 0 fully saturated rings. The average Bonchev–Trinajstić information content (AvgIpc) is 2.80. The second-order valence-electron chi connectivity index (χ2n) is 7.34. The van der Waals surface area contributed by atoms with Crippen LogP contribution in [0.2, 0.25) is 0 Å². The molecule has 0 unspecified atom stereocenters. The molecule has 0 spiro atoms. The van der Waals surface area contributed by atoms with Gasteiger partial charge in [0.2, 0.25) is 0 Å². The number of carbonyl (C=O) groups is 2. The van der Waals surface area contributed by atoms with Crippen LogP contribution in [0.5, 0.6) is 0 Å². The zero-order chi connectivity index (χ0) is 23.1. The van der Waals surface area contributed by atoms with Gasteiger partial charge in [-0.15, -0.1) is 0 Å². The van der Waals surface area contributed by atoms with Gasteiger partial charge in [-0.25, -0.2) is 9.37 Å². The van der Waals surface area contributed by atoms with Crippen LogP contribution in [-0.2, 0) is 6.54 Å². The smallest absolute Gasteiger partial charge is 0.258 e. The van der Waals surface area contributed by atoms with E-state index >= 15 is 0 Å². The second kappa shape index (κ2) is 10.5. The molecule has 0 aliphatic carbocycles. The Kier molecular flexibility index (Phi) is 7.54. The Morgan fingerprint density at radius 3 is 2.41 bits per heavy atom. The van der Waals surface area contributed by atoms with Crippen LogP contribution < -0.4 is 15.5 Å². The maximum Gasteiger partial charge on any atom is 0.258 e. The monoisotopic (exact) mass is 434 g/mol. The van der Waals surface area contributed by atoms with Gasteiger partial charge < -0.3 is 15.5 Å². The molecule has 0 bridgehead atoms. The van der Waals surface area contributed by atoms with Gasteiger partial charge in [0, 0.05) is 37.1 Å². The Hall–Kier alpha value is -3.74. The molecule has 3 aromatic rings. The van der Waals surface area contributed by atoms with Gasteiger partial charge in [-0.1, -0.05) is 24.3 Å². The standard InChI is InChI=1S/C25H27FN4O2/c1-4-30(5-2)23-13-11-18(15-27-23)16-28-24(31)19-12-10-17(3)22(14-19)29-25(32)20-8-6-7-9-21(20)26/h6-15H,4-5,16H2,1-3H3,(H,28,31)(H,29,32). The fourth-order valence-corrected chi connectivity index (χ4v) is 3.27. The Bertz CT molecular complexity index is 1100. The molecule has 32 heavy (non-hydrogen) atoms. The molecule has 6 nitrogen and oxygen atoms in total. The molecule has 0 saturated heterocycles. The normalized spacial score (nSPS) is 10.5. The second-order valence-corrected chi connectivity index (χ2v) is 7.34. The van der Waals surface area contributed by atoms with Crippen molar-refractivity contribution in [1.82, 2.24) is 10.3 Å². The maximum absolute atomic E-state index is 13.9. The summed E-state index contributed by atoms with van der Waals surface area (Å²) in [5.41, 5.74) is 2.45. The predicted octanol–water partition coefficient (Wildman–Crippen LogP) is 4.56. The highest BCUT2D eigenvalue weighted by atomic mass is 19.1. The van der Waals surface area contributed by atoms with E-state index in [9.17, 15) is 14.0 Å². The van der Waals surface area contributed by atoms with Crippen LogP contribution >= 0.6 is 0 Å². The van der Waals surface area contributed by atoms with Crippen molar-refractivity contribution in [2.75, 3.05) is 23.3 Å². The maximum atomic E-state index is 13.9. The van der Waals surface area contributed by atoms with Gasteiger partial charge in [-0.3, -0.25) is 9.59 Å². The minimum absolute atomic E-state index is 0.0533.